The highest BCUT2D eigenvalue weighted by Crippen LogP contribution is 2.32. The molecule has 0 spiro atoms. The Balaban J connectivity index is 1.81. The molecule has 23 heavy (non-hydrogen) atoms. The summed E-state index contributed by atoms with van der Waals surface area (Å²) in [5, 5.41) is 3.26. The van der Waals surface area contributed by atoms with Crippen LogP contribution in [0.4, 0.5) is 18.9 Å². The minimum atomic E-state index is -4.98. The number of ether oxygens (including phenoxy) is 1. The molecule has 0 aliphatic carbocycles. The van der Waals surface area contributed by atoms with Gasteiger partial charge in [-0.1, -0.05) is 12.1 Å². The van der Waals surface area contributed by atoms with E-state index >= 15 is 0 Å². The second-order valence-electron chi connectivity index (χ2n) is 5.13. The van der Waals surface area contributed by atoms with Crippen molar-refractivity contribution in [2.24, 2.45) is 0 Å². The summed E-state index contributed by atoms with van der Waals surface area (Å²) in [7, 11) is 0. The van der Waals surface area contributed by atoms with Crippen molar-refractivity contribution in [2.75, 3.05) is 11.9 Å². The molecule has 1 aromatic carbocycles. The third kappa shape index (κ3) is 3.28. The highest BCUT2D eigenvalue weighted by Gasteiger charge is 2.40. The Morgan fingerprint density at radius 1 is 1.30 bits per heavy atom. The molecule has 0 saturated carbocycles. The lowest BCUT2D eigenvalue weighted by atomic mass is 10.0. The molecule has 3 rings (SSSR count). The van der Waals surface area contributed by atoms with Crippen molar-refractivity contribution in [1.29, 1.82) is 0 Å². The average Bonchev–Trinajstić information content (AvgIpc) is 3.00. The molecule has 0 fully saturated rings. The Morgan fingerprint density at radius 3 is 2.91 bits per heavy atom. The van der Waals surface area contributed by atoms with Crippen molar-refractivity contribution in [3.05, 3.63) is 47.7 Å². The summed E-state index contributed by atoms with van der Waals surface area (Å²) in [5.74, 6) is -2.19. The van der Waals surface area contributed by atoms with E-state index in [1.807, 2.05) is 18.2 Å². The van der Waals surface area contributed by atoms with E-state index in [9.17, 15) is 18.0 Å². The zero-order valence-corrected chi connectivity index (χ0v) is 12.0. The van der Waals surface area contributed by atoms with Crippen LogP contribution in [0.25, 0.3) is 11.3 Å². The van der Waals surface area contributed by atoms with Crippen molar-refractivity contribution < 1.29 is 22.7 Å². The van der Waals surface area contributed by atoms with Crippen LogP contribution in [0.15, 0.2) is 36.5 Å². The number of halogens is 3. The SMILES string of the molecule is O=C(OCc1ccnc(-c2cccc3c2CCN3)c1)C(F)(F)F. The van der Waals surface area contributed by atoms with E-state index in [1.54, 1.807) is 6.07 Å². The maximum absolute atomic E-state index is 12.2. The van der Waals surface area contributed by atoms with Gasteiger partial charge >= 0.3 is 12.1 Å². The van der Waals surface area contributed by atoms with Gasteiger partial charge in [0.05, 0.1) is 5.69 Å². The number of pyridine rings is 1. The maximum atomic E-state index is 12.2. The van der Waals surface area contributed by atoms with Gasteiger partial charge in [-0.3, -0.25) is 4.98 Å². The Labute approximate surface area is 130 Å². The summed E-state index contributed by atoms with van der Waals surface area (Å²) < 4.78 is 40.7. The smallest absolute Gasteiger partial charge is 0.454 e. The van der Waals surface area contributed by atoms with Gasteiger partial charge in [0.1, 0.15) is 6.61 Å². The lowest BCUT2D eigenvalue weighted by Gasteiger charge is -2.10. The molecule has 120 valence electrons. The molecule has 1 aliphatic rings. The Hall–Kier alpha value is -2.57. The van der Waals surface area contributed by atoms with Gasteiger partial charge in [0, 0.05) is 24.0 Å². The second-order valence-corrected chi connectivity index (χ2v) is 5.13. The second kappa shape index (κ2) is 5.91. The van der Waals surface area contributed by atoms with E-state index in [0.29, 0.717) is 11.3 Å². The van der Waals surface area contributed by atoms with Crippen molar-refractivity contribution in [3.8, 4) is 11.3 Å². The van der Waals surface area contributed by atoms with Crippen LogP contribution in [0, 0.1) is 0 Å². The topological polar surface area (TPSA) is 51.2 Å². The number of aromatic nitrogens is 1. The van der Waals surface area contributed by atoms with E-state index in [1.165, 1.54) is 12.3 Å². The van der Waals surface area contributed by atoms with Crippen LogP contribution in [0.1, 0.15) is 11.1 Å². The Bertz CT molecular complexity index is 744. The average molecular weight is 322 g/mol. The molecule has 0 amide bonds. The number of anilines is 1. The van der Waals surface area contributed by atoms with Crippen LogP contribution in [0.3, 0.4) is 0 Å². The first-order chi connectivity index (χ1) is 10.9. The van der Waals surface area contributed by atoms with Crippen LogP contribution >= 0.6 is 0 Å². The van der Waals surface area contributed by atoms with Crippen LogP contribution < -0.4 is 5.32 Å². The number of carbonyl (C=O) groups excluding carboxylic acids is 1. The van der Waals surface area contributed by atoms with Crippen LogP contribution in [0.5, 0.6) is 0 Å². The minimum absolute atomic E-state index is 0.443. The summed E-state index contributed by atoms with van der Waals surface area (Å²) >= 11 is 0. The molecular formula is C16H13F3N2O2. The van der Waals surface area contributed by atoms with E-state index < -0.39 is 18.8 Å². The number of alkyl halides is 3. The molecule has 0 bridgehead atoms. The normalized spacial score (nSPS) is 13.3. The molecule has 2 aromatic rings. The van der Waals surface area contributed by atoms with Crippen LogP contribution in [0.2, 0.25) is 0 Å². The van der Waals surface area contributed by atoms with E-state index in [2.05, 4.69) is 15.0 Å². The number of benzene rings is 1. The molecule has 4 nitrogen and oxygen atoms in total. The predicted molar refractivity (Wildman–Crippen MR) is 77.7 cm³/mol. The summed E-state index contributed by atoms with van der Waals surface area (Å²) in [6.07, 6.45) is -2.63. The lowest BCUT2D eigenvalue weighted by molar-refractivity contribution is -0.201. The van der Waals surface area contributed by atoms with Gasteiger partial charge in [-0.25, -0.2) is 4.79 Å². The van der Waals surface area contributed by atoms with Gasteiger partial charge in [-0.05, 0) is 35.7 Å². The van der Waals surface area contributed by atoms with Gasteiger partial charge in [0.15, 0.2) is 0 Å². The number of esters is 1. The quantitative estimate of drug-likeness (QED) is 0.881. The van der Waals surface area contributed by atoms with Crippen molar-refractivity contribution in [1.82, 2.24) is 4.98 Å². The summed E-state index contributed by atoms with van der Waals surface area (Å²) in [6.45, 7) is 0.399. The summed E-state index contributed by atoms with van der Waals surface area (Å²) in [4.78, 5) is 15.0. The first-order valence-corrected chi connectivity index (χ1v) is 7.00. The number of hydrogen-bond donors (Lipinski definition) is 1. The Kier molecular flexibility index (Phi) is 3.94. The first kappa shape index (κ1) is 15.3. The van der Waals surface area contributed by atoms with Crippen LogP contribution in [-0.4, -0.2) is 23.7 Å². The third-order valence-corrected chi connectivity index (χ3v) is 3.57. The molecule has 2 heterocycles. The molecule has 0 unspecified atom stereocenters. The fourth-order valence-electron chi connectivity index (χ4n) is 2.53. The lowest BCUT2D eigenvalue weighted by Crippen LogP contribution is -2.25. The van der Waals surface area contributed by atoms with Gasteiger partial charge in [-0.2, -0.15) is 13.2 Å². The zero-order valence-electron chi connectivity index (χ0n) is 12.0. The van der Waals surface area contributed by atoms with Gasteiger partial charge in [-0.15, -0.1) is 0 Å². The van der Waals surface area contributed by atoms with E-state index in [-0.39, 0.29) is 0 Å². The number of nitrogens with one attached hydrogen (secondary N) is 1. The number of carbonyl (C=O) groups is 1. The standard InChI is InChI=1S/C16H13F3N2O2/c17-16(18,19)15(22)23-9-10-4-6-21-14(8-10)11-2-1-3-13-12(11)5-7-20-13/h1-4,6,8,20H,5,7,9H2. The molecule has 1 aromatic heterocycles. The van der Waals surface area contributed by atoms with Gasteiger partial charge in [0.25, 0.3) is 0 Å². The molecular weight excluding hydrogens is 309 g/mol. The summed E-state index contributed by atoms with van der Waals surface area (Å²) in [5.41, 5.74) is 4.20. The minimum Gasteiger partial charge on any atom is -0.454 e. The molecule has 1 N–H and O–H groups in total. The number of hydrogen-bond acceptors (Lipinski definition) is 4. The highest BCUT2D eigenvalue weighted by atomic mass is 19.4. The van der Waals surface area contributed by atoms with Crippen molar-refractivity contribution >= 4 is 11.7 Å². The fourth-order valence-corrected chi connectivity index (χ4v) is 2.53. The fraction of sp³-hybridized carbons (Fsp3) is 0.250. The van der Waals surface area contributed by atoms with Crippen molar-refractivity contribution in [2.45, 2.75) is 19.2 Å². The monoisotopic (exact) mass is 322 g/mol. The zero-order chi connectivity index (χ0) is 16.4. The number of nitrogens with zero attached hydrogens (tertiary/aromatic N) is 1. The van der Waals surface area contributed by atoms with Crippen molar-refractivity contribution in [3.63, 3.8) is 0 Å². The van der Waals surface area contributed by atoms with Gasteiger partial charge in [0.2, 0.25) is 0 Å². The number of rotatable bonds is 3. The van der Waals surface area contributed by atoms with E-state index in [0.717, 1.165) is 29.8 Å². The first-order valence-electron chi connectivity index (χ1n) is 7.00. The molecule has 0 saturated heterocycles. The maximum Gasteiger partial charge on any atom is 0.490 e. The largest absolute Gasteiger partial charge is 0.490 e. The number of fused-ring (bicyclic) bond motifs is 1. The van der Waals surface area contributed by atoms with Crippen LogP contribution in [-0.2, 0) is 22.6 Å². The molecule has 0 radical (unpaired) electrons. The molecule has 7 heteroatoms. The molecule has 0 atom stereocenters. The van der Waals surface area contributed by atoms with E-state index in [4.69, 9.17) is 0 Å². The third-order valence-electron chi connectivity index (χ3n) is 3.57. The molecule has 1 aliphatic heterocycles. The Morgan fingerprint density at radius 2 is 2.13 bits per heavy atom. The highest BCUT2D eigenvalue weighted by molar-refractivity contribution is 5.76. The predicted octanol–water partition coefficient (Wildman–Crippen LogP) is 3.32. The van der Waals surface area contributed by atoms with Gasteiger partial charge < -0.3 is 10.1 Å². The summed E-state index contributed by atoms with van der Waals surface area (Å²) in [6, 6.07) is 8.94.